The highest BCUT2D eigenvalue weighted by Crippen LogP contribution is 2.41. The molecule has 2 aromatic heterocycles. The molecule has 10 nitrogen and oxygen atoms in total. The van der Waals surface area contributed by atoms with Gasteiger partial charge in [0.05, 0.1) is 40.2 Å². The summed E-state index contributed by atoms with van der Waals surface area (Å²) in [4.78, 5) is 11.3. The van der Waals surface area contributed by atoms with Gasteiger partial charge in [0.2, 0.25) is 0 Å². The van der Waals surface area contributed by atoms with Crippen LogP contribution in [0.4, 0.5) is 18.9 Å². The average molecular weight is 573 g/mol. The van der Waals surface area contributed by atoms with E-state index in [2.05, 4.69) is 15.1 Å². The van der Waals surface area contributed by atoms with Crippen LogP contribution in [-0.4, -0.2) is 58.3 Å². The third kappa shape index (κ3) is 5.43. The van der Waals surface area contributed by atoms with Gasteiger partial charge in [-0.25, -0.2) is 28.0 Å². The number of halogens is 3. The summed E-state index contributed by atoms with van der Waals surface area (Å²) in [5, 5.41) is 4.10. The molecule has 0 saturated carbocycles. The summed E-state index contributed by atoms with van der Waals surface area (Å²) in [7, 11) is -3.49. The number of hydrogen-bond donors (Lipinski definition) is 2. The van der Waals surface area contributed by atoms with Crippen molar-refractivity contribution in [1.82, 2.24) is 24.6 Å². The minimum Gasteiger partial charge on any atom is -0.335 e. The molecule has 0 fully saturated rings. The fourth-order valence-corrected chi connectivity index (χ4v) is 5.49. The summed E-state index contributed by atoms with van der Waals surface area (Å²) in [6.45, 7) is 0.485. The molecule has 0 spiro atoms. The number of hydrogen-bond acceptors (Lipinski definition) is 9. The van der Waals surface area contributed by atoms with Crippen LogP contribution >= 0.6 is 0 Å². The van der Waals surface area contributed by atoms with E-state index in [1.165, 1.54) is 18.5 Å². The molecule has 4 aromatic rings. The van der Waals surface area contributed by atoms with E-state index in [0.717, 1.165) is 22.4 Å². The zero-order chi connectivity index (χ0) is 28.8. The summed E-state index contributed by atoms with van der Waals surface area (Å²) < 4.78 is 66.6. The van der Waals surface area contributed by atoms with Gasteiger partial charge >= 0.3 is 6.18 Å². The molecule has 14 heteroatoms. The fraction of sp³-hybridized carbons (Fsp3) is 0.269. The van der Waals surface area contributed by atoms with Crippen LogP contribution in [0.15, 0.2) is 78.2 Å². The number of nitrogens with zero attached hydrogens (tertiary/aromatic N) is 6. The first-order valence-electron chi connectivity index (χ1n) is 12.2. The van der Waals surface area contributed by atoms with Crippen LogP contribution in [0.5, 0.6) is 0 Å². The van der Waals surface area contributed by atoms with Gasteiger partial charge < -0.3 is 10.6 Å². The molecule has 0 amide bonds. The van der Waals surface area contributed by atoms with Crippen LogP contribution in [0.3, 0.4) is 0 Å². The molecule has 210 valence electrons. The molecule has 4 N–H and O–H groups in total. The number of alkyl halides is 3. The van der Waals surface area contributed by atoms with Gasteiger partial charge in [0, 0.05) is 11.8 Å². The van der Waals surface area contributed by atoms with E-state index in [0.29, 0.717) is 16.9 Å². The Bertz CT molecular complexity index is 1610. The first-order valence-corrected chi connectivity index (χ1v) is 14.1. The number of nitrogens with two attached hydrogens (primary N) is 2. The molecule has 1 aliphatic rings. The van der Waals surface area contributed by atoms with Crippen LogP contribution in [-0.2, 0) is 9.84 Å². The molecular formula is C26H27F3N8O2S. The van der Waals surface area contributed by atoms with E-state index in [-0.39, 0.29) is 10.6 Å². The summed E-state index contributed by atoms with van der Waals surface area (Å²) in [5.41, 5.74) is 15.9. The molecule has 3 heterocycles. The molecule has 40 heavy (non-hydrogen) atoms. The normalized spacial score (nSPS) is 18.9. The predicted molar refractivity (Wildman–Crippen MR) is 143 cm³/mol. The van der Waals surface area contributed by atoms with Gasteiger partial charge in [0.15, 0.2) is 9.84 Å². The van der Waals surface area contributed by atoms with Gasteiger partial charge in [0.1, 0.15) is 25.1 Å². The second-order valence-electron chi connectivity index (χ2n) is 9.56. The molecule has 1 aliphatic heterocycles. The third-order valence-electron chi connectivity index (χ3n) is 6.84. The molecule has 5 rings (SSSR count). The van der Waals surface area contributed by atoms with Crippen LogP contribution in [0, 0.1) is 0 Å². The number of aromatic nitrogens is 4. The average Bonchev–Trinajstić information content (AvgIpc) is 3.45. The number of benzene rings is 2. The zero-order valence-corrected chi connectivity index (χ0v) is 22.4. The second kappa shape index (κ2) is 10.3. The first kappa shape index (κ1) is 27.7. The first-order chi connectivity index (χ1) is 18.8. The Morgan fingerprint density at radius 1 is 1.05 bits per heavy atom. The van der Waals surface area contributed by atoms with E-state index in [9.17, 15) is 21.6 Å². The third-order valence-corrected chi connectivity index (χ3v) is 7.95. The van der Waals surface area contributed by atoms with E-state index >= 15 is 0 Å². The lowest BCUT2D eigenvalue weighted by molar-refractivity contribution is -0.158. The molecule has 0 bridgehead atoms. The zero-order valence-electron chi connectivity index (χ0n) is 21.6. The molecule has 2 aromatic carbocycles. The van der Waals surface area contributed by atoms with Crippen molar-refractivity contribution in [3.63, 3.8) is 0 Å². The van der Waals surface area contributed by atoms with Crippen molar-refractivity contribution < 1.29 is 21.6 Å². The lowest BCUT2D eigenvalue weighted by Crippen LogP contribution is -2.63. The van der Waals surface area contributed by atoms with Crippen molar-refractivity contribution in [2.75, 3.05) is 17.7 Å². The SMILES string of the molecule is CC(c1ccc(-n2cncn2)cc1)N1c2ccc(-c3cccc(S(C)(=O)=O)c3)nc2C(N)N(CC(F)(F)F)C1N. The van der Waals surface area contributed by atoms with Gasteiger partial charge in [-0.1, -0.05) is 24.3 Å². The van der Waals surface area contributed by atoms with Crippen LogP contribution < -0.4 is 16.4 Å². The highest BCUT2D eigenvalue weighted by Gasteiger charge is 2.44. The Balaban J connectivity index is 1.57. The predicted octanol–water partition coefficient (Wildman–Crippen LogP) is 3.38. The topological polar surface area (TPSA) is 136 Å². The van der Waals surface area contributed by atoms with E-state index in [1.54, 1.807) is 40.2 Å². The Labute approximate surface area is 229 Å². The minimum absolute atomic E-state index is 0.0964. The number of rotatable bonds is 6. The Hall–Kier alpha value is -3.85. The maximum Gasteiger partial charge on any atom is 0.401 e. The lowest BCUT2D eigenvalue weighted by Gasteiger charge is -2.49. The second-order valence-corrected chi connectivity index (χ2v) is 11.6. The van der Waals surface area contributed by atoms with Crippen LogP contribution in [0.2, 0.25) is 0 Å². The van der Waals surface area contributed by atoms with Crippen molar-refractivity contribution in [3.05, 3.63) is 84.6 Å². The van der Waals surface area contributed by atoms with Gasteiger partial charge in [-0.2, -0.15) is 18.3 Å². The highest BCUT2D eigenvalue weighted by molar-refractivity contribution is 7.90. The van der Waals surface area contributed by atoms with Crippen molar-refractivity contribution in [3.8, 4) is 16.9 Å². The Morgan fingerprint density at radius 3 is 2.40 bits per heavy atom. The van der Waals surface area contributed by atoms with Crippen LogP contribution in [0.25, 0.3) is 16.9 Å². The van der Waals surface area contributed by atoms with Gasteiger partial charge in [-0.05, 0) is 48.9 Å². The van der Waals surface area contributed by atoms with Crippen molar-refractivity contribution in [1.29, 1.82) is 0 Å². The molecule has 0 saturated heterocycles. The highest BCUT2D eigenvalue weighted by atomic mass is 32.2. The van der Waals surface area contributed by atoms with E-state index in [4.69, 9.17) is 11.5 Å². The Morgan fingerprint density at radius 2 is 1.77 bits per heavy atom. The molecule has 0 radical (unpaired) electrons. The minimum atomic E-state index is -4.57. The van der Waals surface area contributed by atoms with E-state index in [1.807, 2.05) is 31.2 Å². The van der Waals surface area contributed by atoms with Gasteiger partial charge in [-0.3, -0.25) is 5.73 Å². The quantitative estimate of drug-likeness (QED) is 0.356. The monoisotopic (exact) mass is 572 g/mol. The molecule has 3 unspecified atom stereocenters. The molecule has 3 atom stereocenters. The summed E-state index contributed by atoms with van der Waals surface area (Å²) in [6.07, 6.45) is -2.98. The van der Waals surface area contributed by atoms with Crippen molar-refractivity contribution in [2.45, 2.75) is 36.5 Å². The Kier molecular flexibility index (Phi) is 7.12. The number of pyridine rings is 1. The van der Waals surface area contributed by atoms with Gasteiger partial charge in [0.25, 0.3) is 0 Å². The number of anilines is 1. The van der Waals surface area contributed by atoms with Gasteiger partial charge in [-0.15, -0.1) is 0 Å². The summed E-state index contributed by atoms with van der Waals surface area (Å²) in [6, 6.07) is 16.4. The standard InChI is InChI=1S/C26H27F3N8O2S/c1-16(17-6-8-19(9-7-17)36-15-32-14-33-36)37-22-11-10-21(18-4-3-5-20(12-18)40(2,38)39)34-23(22)24(30)35(25(37)31)13-26(27,28)29/h3-12,14-16,24-25H,13,30-31H2,1-2H3. The van der Waals surface area contributed by atoms with Crippen molar-refractivity contribution in [2.24, 2.45) is 11.5 Å². The van der Waals surface area contributed by atoms with Crippen molar-refractivity contribution >= 4 is 15.5 Å². The molecular weight excluding hydrogens is 545 g/mol. The summed E-state index contributed by atoms with van der Waals surface area (Å²) in [5.74, 6) is 0. The maximum absolute atomic E-state index is 13.6. The summed E-state index contributed by atoms with van der Waals surface area (Å²) >= 11 is 0. The van der Waals surface area contributed by atoms with E-state index < -0.39 is 41.1 Å². The molecule has 0 aliphatic carbocycles. The number of fused-ring (bicyclic) bond motifs is 1. The fourth-order valence-electron chi connectivity index (χ4n) is 4.82. The lowest BCUT2D eigenvalue weighted by atomic mass is 10.0. The smallest absolute Gasteiger partial charge is 0.335 e. The maximum atomic E-state index is 13.6. The van der Waals surface area contributed by atoms with Crippen LogP contribution in [0.1, 0.15) is 30.4 Å². The largest absolute Gasteiger partial charge is 0.401 e. The number of sulfone groups is 1.